The molecule has 0 aromatic carbocycles. The summed E-state index contributed by atoms with van der Waals surface area (Å²) in [6.45, 7) is 0. The Kier molecular flexibility index (Phi) is 3.49. The van der Waals surface area contributed by atoms with E-state index in [1.165, 1.54) is 38.5 Å². The number of tetrazole rings is 1. The summed E-state index contributed by atoms with van der Waals surface area (Å²) in [5.74, 6) is 4.10. The molecule has 5 rings (SSSR count). The molecule has 116 valence electrons. The van der Waals surface area contributed by atoms with Gasteiger partial charge in [0, 0.05) is 18.8 Å². The van der Waals surface area contributed by atoms with Crippen molar-refractivity contribution in [1.82, 2.24) is 25.5 Å². The van der Waals surface area contributed by atoms with E-state index in [2.05, 4.69) is 27.9 Å². The van der Waals surface area contributed by atoms with Crippen LogP contribution < -0.4 is 5.32 Å². The van der Waals surface area contributed by atoms with Crippen molar-refractivity contribution in [3.05, 3.63) is 0 Å². The van der Waals surface area contributed by atoms with Gasteiger partial charge in [-0.05, 0) is 79.2 Å². The molecule has 4 saturated carbocycles. The minimum atomic E-state index is 0.544. The molecule has 0 spiro atoms. The SMILES string of the molecule is CNC(CSc1nnnn1C)C12CC3CC(CC(C3)C1)C2. The van der Waals surface area contributed by atoms with Crippen molar-refractivity contribution in [3.8, 4) is 0 Å². The van der Waals surface area contributed by atoms with Gasteiger partial charge in [0.2, 0.25) is 5.16 Å². The molecular formula is C15H25N5S. The van der Waals surface area contributed by atoms with Gasteiger partial charge in [-0.3, -0.25) is 0 Å². The van der Waals surface area contributed by atoms with Crippen molar-refractivity contribution in [2.45, 2.75) is 49.7 Å². The van der Waals surface area contributed by atoms with Crippen LogP contribution in [0.3, 0.4) is 0 Å². The van der Waals surface area contributed by atoms with E-state index in [9.17, 15) is 0 Å². The van der Waals surface area contributed by atoms with Crippen LogP contribution >= 0.6 is 11.8 Å². The van der Waals surface area contributed by atoms with Gasteiger partial charge >= 0.3 is 0 Å². The van der Waals surface area contributed by atoms with Crippen LogP contribution in [0, 0.1) is 23.2 Å². The topological polar surface area (TPSA) is 55.6 Å². The Bertz CT molecular complexity index is 479. The minimum absolute atomic E-state index is 0.544. The molecule has 1 atom stereocenters. The van der Waals surface area contributed by atoms with Gasteiger partial charge in [-0.25, -0.2) is 4.68 Å². The van der Waals surface area contributed by atoms with E-state index in [0.29, 0.717) is 11.5 Å². The lowest BCUT2D eigenvalue weighted by Crippen LogP contribution is -2.56. The van der Waals surface area contributed by atoms with Crippen LogP contribution in [-0.2, 0) is 7.05 Å². The molecule has 21 heavy (non-hydrogen) atoms. The molecule has 4 aliphatic carbocycles. The van der Waals surface area contributed by atoms with Crippen molar-refractivity contribution < 1.29 is 0 Å². The monoisotopic (exact) mass is 307 g/mol. The largest absolute Gasteiger partial charge is 0.316 e. The molecule has 1 N–H and O–H groups in total. The number of rotatable bonds is 5. The van der Waals surface area contributed by atoms with Gasteiger partial charge < -0.3 is 5.32 Å². The van der Waals surface area contributed by atoms with Crippen molar-refractivity contribution in [1.29, 1.82) is 0 Å². The maximum Gasteiger partial charge on any atom is 0.209 e. The van der Waals surface area contributed by atoms with Crippen LogP contribution in [0.5, 0.6) is 0 Å². The second-order valence-electron chi connectivity index (χ2n) is 7.52. The van der Waals surface area contributed by atoms with Crippen LogP contribution in [0.1, 0.15) is 38.5 Å². The van der Waals surface area contributed by atoms with Crippen molar-refractivity contribution in [3.63, 3.8) is 0 Å². The Morgan fingerprint density at radius 1 is 1.24 bits per heavy atom. The first-order valence-electron chi connectivity index (χ1n) is 8.21. The number of nitrogens with zero attached hydrogens (tertiary/aromatic N) is 4. The lowest BCUT2D eigenvalue weighted by Gasteiger charge is -2.59. The number of aryl methyl sites for hydroxylation is 1. The molecule has 0 amide bonds. The number of nitrogens with one attached hydrogen (secondary N) is 1. The van der Waals surface area contributed by atoms with Crippen molar-refractivity contribution >= 4 is 11.8 Å². The Hall–Kier alpha value is -0.620. The summed E-state index contributed by atoms with van der Waals surface area (Å²) in [5.41, 5.74) is 0.544. The van der Waals surface area contributed by atoms with Crippen LogP contribution in [0.4, 0.5) is 0 Å². The Morgan fingerprint density at radius 2 is 1.86 bits per heavy atom. The molecule has 1 heterocycles. The third-order valence-electron chi connectivity index (χ3n) is 6.13. The molecule has 4 bridgehead atoms. The van der Waals surface area contributed by atoms with Crippen molar-refractivity contribution in [2.24, 2.45) is 30.2 Å². The summed E-state index contributed by atoms with van der Waals surface area (Å²) in [6.07, 6.45) is 8.87. The highest BCUT2D eigenvalue weighted by Crippen LogP contribution is 2.61. The molecule has 1 aromatic heterocycles. The average molecular weight is 307 g/mol. The summed E-state index contributed by atoms with van der Waals surface area (Å²) in [7, 11) is 4.06. The van der Waals surface area contributed by atoms with E-state index in [-0.39, 0.29) is 0 Å². The summed E-state index contributed by atoms with van der Waals surface area (Å²) < 4.78 is 1.77. The highest BCUT2D eigenvalue weighted by molar-refractivity contribution is 7.99. The van der Waals surface area contributed by atoms with Gasteiger partial charge in [-0.15, -0.1) is 5.10 Å². The first-order chi connectivity index (χ1) is 10.2. The van der Waals surface area contributed by atoms with Crippen molar-refractivity contribution in [2.75, 3.05) is 12.8 Å². The molecule has 4 fully saturated rings. The highest BCUT2D eigenvalue weighted by Gasteiger charge is 2.53. The lowest BCUT2D eigenvalue weighted by molar-refractivity contribution is -0.0682. The summed E-state index contributed by atoms with van der Waals surface area (Å²) in [6, 6.07) is 0.590. The first-order valence-corrected chi connectivity index (χ1v) is 9.19. The standard InChI is InChI=1S/C15H25N5S/c1-16-13(9-21-14-17-18-19-20(14)2)15-6-10-3-11(7-15)5-12(4-10)8-15/h10-13,16H,3-9H2,1-2H3. The fourth-order valence-corrected chi connectivity index (χ4v) is 6.83. The minimum Gasteiger partial charge on any atom is -0.316 e. The van der Waals surface area contributed by atoms with Gasteiger partial charge in [-0.2, -0.15) is 0 Å². The van der Waals surface area contributed by atoms with Crippen LogP contribution in [0.2, 0.25) is 0 Å². The molecule has 1 unspecified atom stereocenters. The molecule has 4 aliphatic rings. The molecule has 5 nitrogen and oxygen atoms in total. The fourth-order valence-electron chi connectivity index (χ4n) is 5.67. The van der Waals surface area contributed by atoms with E-state index in [1.54, 1.807) is 16.4 Å². The third-order valence-corrected chi connectivity index (χ3v) is 7.24. The molecule has 0 saturated heterocycles. The van der Waals surface area contributed by atoms with E-state index in [4.69, 9.17) is 0 Å². The van der Waals surface area contributed by atoms with Crippen LogP contribution in [-0.4, -0.2) is 39.0 Å². The number of hydrogen-bond acceptors (Lipinski definition) is 5. The van der Waals surface area contributed by atoms with Gasteiger partial charge in [0.05, 0.1) is 0 Å². The Balaban J connectivity index is 1.49. The summed E-state index contributed by atoms with van der Waals surface area (Å²) in [5, 5.41) is 16.3. The van der Waals surface area contributed by atoms with E-state index < -0.39 is 0 Å². The molecular weight excluding hydrogens is 282 g/mol. The van der Waals surface area contributed by atoms with E-state index in [1.807, 2.05) is 7.05 Å². The second-order valence-corrected chi connectivity index (χ2v) is 8.50. The predicted molar refractivity (Wildman–Crippen MR) is 83.0 cm³/mol. The second kappa shape index (κ2) is 5.23. The van der Waals surface area contributed by atoms with Gasteiger partial charge in [0.1, 0.15) is 0 Å². The molecule has 0 radical (unpaired) electrons. The number of aromatic nitrogens is 4. The van der Waals surface area contributed by atoms with E-state index >= 15 is 0 Å². The summed E-state index contributed by atoms with van der Waals surface area (Å²) >= 11 is 1.80. The number of hydrogen-bond donors (Lipinski definition) is 1. The highest BCUT2D eigenvalue weighted by atomic mass is 32.2. The number of thioether (sulfide) groups is 1. The zero-order valence-corrected chi connectivity index (χ0v) is 13.8. The quantitative estimate of drug-likeness (QED) is 0.844. The zero-order chi connectivity index (χ0) is 14.4. The summed E-state index contributed by atoms with van der Waals surface area (Å²) in [4.78, 5) is 0. The van der Waals surface area contributed by atoms with E-state index in [0.717, 1.165) is 28.7 Å². The third kappa shape index (κ3) is 2.40. The molecule has 6 heteroatoms. The lowest BCUT2D eigenvalue weighted by atomic mass is 9.48. The van der Waals surface area contributed by atoms with Gasteiger partial charge in [-0.1, -0.05) is 11.8 Å². The predicted octanol–water partition coefficient (Wildman–Crippen LogP) is 2.11. The average Bonchev–Trinajstić information content (AvgIpc) is 2.83. The van der Waals surface area contributed by atoms with Crippen LogP contribution in [0.25, 0.3) is 0 Å². The smallest absolute Gasteiger partial charge is 0.209 e. The molecule has 1 aromatic rings. The molecule has 0 aliphatic heterocycles. The van der Waals surface area contributed by atoms with Gasteiger partial charge in [0.25, 0.3) is 0 Å². The Morgan fingerprint density at radius 3 is 2.33 bits per heavy atom. The van der Waals surface area contributed by atoms with Crippen LogP contribution in [0.15, 0.2) is 5.16 Å². The maximum atomic E-state index is 4.11. The van der Waals surface area contributed by atoms with Gasteiger partial charge in [0.15, 0.2) is 0 Å². The maximum absolute atomic E-state index is 4.11. The Labute approximate surface area is 130 Å². The zero-order valence-electron chi connectivity index (χ0n) is 13.0. The normalized spacial score (nSPS) is 38.9. The fraction of sp³-hybridized carbons (Fsp3) is 0.933. The first kappa shape index (κ1) is 14.0.